The van der Waals surface area contributed by atoms with E-state index >= 15 is 0 Å². The Morgan fingerprint density at radius 3 is 3.20 bits per heavy atom. The zero-order valence-corrected chi connectivity index (χ0v) is 9.02. The van der Waals surface area contributed by atoms with Crippen LogP contribution in [0.5, 0.6) is 0 Å². The first-order valence-corrected chi connectivity index (χ1v) is 5.06. The number of pyridine rings is 1. The maximum absolute atomic E-state index is 11.5. The van der Waals surface area contributed by atoms with Crippen molar-refractivity contribution in [3.05, 3.63) is 39.5 Å². The van der Waals surface area contributed by atoms with E-state index in [-0.39, 0.29) is 5.56 Å². The van der Waals surface area contributed by atoms with Crippen LogP contribution in [0.1, 0.15) is 0 Å². The number of H-pyrrole nitrogens is 1. The van der Waals surface area contributed by atoms with E-state index in [4.69, 9.17) is 0 Å². The van der Waals surface area contributed by atoms with Gasteiger partial charge in [0.15, 0.2) is 11.2 Å². The molecule has 0 aromatic carbocycles. The number of aromatic nitrogens is 4. The summed E-state index contributed by atoms with van der Waals surface area (Å²) in [7, 11) is 0. The number of hydrogen-bond donors (Lipinski definition) is 1. The summed E-state index contributed by atoms with van der Waals surface area (Å²) in [5, 5.41) is 0. The van der Waals surface area contributed by atoms with E-state index < -0.39 is 0 Å². The topological polar surface area (TPSA) is 63.0 Å². The fourth-order valence-corrected chi connectivity index (χ4v) is 1.83. The largest absolute Gasteiger partial charge is 0.311 e. The molecule has 0 fully saturated rings. The Hall–Kier alpha value is -1.69. The quantitative estimate of drug-likeness (QED) is 0.667. The second kappa shape index (κ2) is 2.90. The lowest BCUT2D eigenvalue weighted by Crippen LogP contribution is -2.06. The first kappa shape index (κ1) is 8.60. The smallest absolute Gasteiger partial charge is 0.278 e. The molecule has 0 radical (unpaired) electrons. The van der Waals surface area contributed by atoms with Crippen molar-refractivity contribution >= 4 is 32.7 Å². The van der Waals surface area contributed by atoms with Crippen molar-refractivity contribution in [2.24, 2.45) is 0 Å². The molecule has 0 atom stereocenters. The molecular weight excluding hydrogens is 260 g/mol. The van der Waals surface area contributed by atoms with E-state index in [2.05, 4.69) is 30.9 Å². The predicted octanol–water partition coefficient (Wildman–Crippen LogP) is 1.33. The molecule has 0 unspecified atom stereocenters. The lowest BCUT2D eigenvalue weighted by Gasteiger charge is -1.93. The second-order valence-electron chi connectivity index (χ2n) is 3.09. The molecule has 0 saturated heterocycles. The molecule has 0 amide bonds. The van der Waals surface area contributed by atoms with Gasteiger partial charge in [-0.05, 0) is 12.1 Å². The lowest BCUT2D eigenvalue weighted by molar-refractivity contribution is 1.12. The van der Waals surface area contributed by atoms with Crippen molar-refractivity contribution in [2.75, 3.05) is 0 Å². The Morgan fingerprint density at radius 2 is 2.33 bits per heavy atom. The Morgan fingerprint density at radius 1 is 1.47 bits per heavy atom. The van der Waals surface area contributed by atoms with Crippen LogP contribution in [0.15, 0.2) is 33.9 Å². The average Bonchev–Trinajstić information content (AvgIpc) is 2.57. The minimum Gasteiger partial charge on any atom is -0.311 e. The third kappa shape index (κ3) is 1.18. The SMILES string of the molecule is O=c1[nH]cnc2c1nc1cc(Br)ccn12. The van der Waals surface area contributed by atoms with Gasteiger partial charge < -0.3 is 4.98 Å². The summed E-state index contributed by atoms with van der Waals surface area (Å²) in [6.07, 6.45) is 3.20. The summed E-state index contributed by atoms with van der Waals surface area (Å²) in [6.45, 7) is 0. The molecule has 3 aromatic rings. The number of fused-ring (bicyclic) bond motifs is 3. The molecule has 0 aliphatic carbocycles. The van der Waals surface area contributed by atoms with Crippen LogP contribution in [0.4, 0.5) is 0 Å². The van der Waals surface area contributed by atoms with E-state index in [1.165, 1.54) is 6.33 Å². The number of aromatic amines is 1. The van der Waals surface area contributed by atoms with Crippen LogP contribution in [0, 0.1) is 0 Å². The highest BCUT2D eigenvalue weighted by molar-refractivity contribution is 9.10. The van der Waals surface area contributed by atoms with Crippen LogP contribution in [-0.4, -0.2) is 19.4 Å². The molecule has 0 spiro atoms. The van der Waals surface area contributed by atoms with E-state index in [0.717, 1.165) is 4.47 Å². The van der Waals surface area contributed by atoms with E-state index in [1.807, 2.05) is 18.3 Å². The summed E-state index contributed by atoms with van der Waals surface area (Å²) in [6, 6.07) is 3.71. The van der Waals surface area contributed by atoms with E-state index in [1.54, 1.807) is 4.40 Å². The summed E-state index contributed by atoms with van der Waals surface area (Å²) in [4.78, 5) is 22.2. The standard InChI is InChI=1S/C9H5BrN4O/c10-5-1-2-14-6(3-5)13-7-8(14)11-4-12-9(7)15/h1-4H,(H,11,12,15). The fourth-order valence-electron chi connectivity index (χ4n) is 1.50. The molecule has 74 valence electrons. The number of nitrogens with zero attached hydrogens (tertiary/aromatic N) is 3. The third-order valence-corrected chi connectivity index (χ3v) is 2.65. The molecular formula is C9H5BrN4O. The highest BCUT2D eigenvalue weighted by atomic mass is 79.9. The number of imidazole rings is 1. The van der Waals surface area contributed by atoms with Crippen LogP contribution in [-0.2, 0) is 0 Å². The normalized spacial score (nSPS) is 11.3. The minimum atomic E-state index is -0.222. The van der Waals surface area contributed by atoms with Crippen LogP contribution < -0.4 is 5.56 Å². The summed E-state index contributed by atoms with van der Waals surface area (Å²) in [5.74, 6) is 0. The van der Waals surface area contributed by atoms with Gasteiger partial charge in [-0.25, -0.2) is 9.97 Å². The zero-order valence-electron chi connectivity index (χ0n) is 7.44. The Kier molecular flexibility index (Phi) is 1.66. The Labute approximate surface area is 91.9 Å². The molecule has 15 heavy (non-hydrogen) atoms. The van der Waals surface area contributed by atoms with Crippen molar-refractivity contribution < 1.29 is 0 Å². The fraction of sp³-hybridized carbons (Fsp3) is 0. The van der Waals surface area contributed by atoms with Crippen molar-refractivity contribution in [3.63, 3.8) is 0 Å². The zero-order chi connectivity index (χ0) is 10.4. The molecule has 0 aliphatic heterocycles. The van der Waals surface area contributed by atoms with Gasteiger partial charge in [0.2, 0.25) is 0 Å². The monoisotopic (exact) mass is 264 g/mol. The highest BCUT2D eigenvalue weighted by Gasteiger charge is 2.07. The maximum atomic E-state index is 11.5. The number of halogens is 1. The molecule has 0 bridgehead atoms. The van der Waals surface area contributed by atoms with Crippen LogP contribution in [0.2, 0.25) is 0 Å². The van der Waals surface area contributed by atoms with Gasteiger partial charge in [0.25, 0.3) is 5.56 Å². The molecule has 0 aliphatic rings. The van der Waals surface area contributed by atoms with Gasteiger partial charge in [-0.3, -0.25) is 9.20 Å². The number of hydrogen-bond acceptors (Lipinski definition) is 3. The van der Waals surface area contributed by atoms with E-state index in [9.17, 15) is 4.79 Å². The van der Waals surface area contributed by atoms with Gasteiger partial charge in [-0.2, -0.15) is 0 Å². The molecule has 3 aromatic heterocycles. The minimum absolute atomic E-state index is 0.222. The van der Waals surface area contributed by atoms with E-state index in [0.29, 0.717) is 16.8 Å². The van der Waals surface area contributed by atoms with Gasteiger partial charge in [0.05, 0.1) is 6.33 Å². The maximum Gasteiger partial charge on any atom is 0.278 e. The van der Waals surface area contributed by atoms with Gasteiger partial charge in [0.1, 0.15) is 5.65 Å². The first-order chi connectivity index (χ1) is 7.25. The summed E-state index contributed by atoms with van der Waals surface area (Å²) >= 11 is 3.35. The molecule has 3 heterocycles. The molecule has 1 N–H and O–H groups in total. The highest BCUT2D eigenvalue weighted by Crippen LogP contribution is 2.15. The van der Waals surface area contributed by atoms with Crippen LogP contribution in [0.3, 0.4) is 0 Å². The van der Waals surface area contributed by atoms with Gasteiger partial charge in [-0.15, -0.1) is 0 Å². The Bertz CT molecular complexity index is 715. The predicted molar refractivity (Wildman–Crippen MR) is 58.8 cm³/mol. The second-order valence-corrected chi connectivity index (χ2v) is 4.00. The molecule has 6 heteroatoms. The molecule has 3 rings (SSSR count). The molecule has 5 nitrogen and oxygen atoms in total. The van der Waals surface area contributed by atoms with Crippen molar-refractivity contribution in [3.8, 4) is 0 Å². The number of rotatable bonds is 0. The van der Waals surface area contributed by atoms with Crippen molar-refractivity contribution in [1.29, 1.82) is 0 Å². The Balaban J connectivity index is 2.63. The third-order valence-electron chi connectivity index (χ3n) is 2.16. The first-order valence-electron chi connectivity index (χ1n) is 4.27. The van der Waals surface area contributed by atoms with Gasteiger partial charge in [0, 0.05) is 10.7 Å². The van der Waals surface area contributed by atoms with Crippen LogP contribution in [0.25, 0.3) is 16.8 Å². The van der Waals surface area contributed by atoms with Gasteiger partial charge in [-0.1, -0.05) is 15.9 Å². The average molecular weight is 265 g/mol. The van der Waals surface area contributed by atoms with Gasteiger partial charge >= 0.3 is 0 Å². The summed E-state index contributed by atoms with van der Waals surface area (Å²) < 4.78 is 2.69. The van der Waals surface area contributed by atoms with Crippen molar-refractivity contribution in [1.82, 2.24) is 19.4 Å². The molecule has 0 saturated carbocycles. The summed E-state index contributed by atoms with van der Waals surface area (Å²) in [5.41, 5.74) is 1.40. The number of nitrogens with one attached hydrogen (secondary N) is 1. The van der Waals surface area contributed by atoms with Crippen LogP contribution >= 0.6 is 15.9 Å². The van der Waals surface area contributed by atoms with Crippen molar-refractivity contribution in [2.45, 2.75) is 0 Å². The lowest BCUT2D eigenvalue weighted by atomic mass is 10.5.